The predicted molar refractivity (Wildman–Crippen MR) is 129 cm³/mol. The number of ether oxygens (including phenoxy) is 2. The van der Waals surface area contributed by atoms with Crippen LogP contribution in [0.25, 0.3) is 11.4 Å². The van der Waals surface area contributed by atoms with Crippen LogP contribution in [0.2, 0.25) is 0 Å². The molecule has 1 unspecified atom stereocenters. The Balaban J connectivity index is 1.43. The minimum atomic E-state index is -0.376. The predicted octanol–water partition coefficient (Wildman–Crippen LogP) is 3.81. The van der Waals surface area contributed by atoms with Crippen molar-refractivity contribution < 1.29 is 28.0 Å². The number of hydrogen-bond acceptors (Lipinski definition) is 7. The van der Waals surface area contributed by atoms with Crippen molar-refractivity contribution in [3.63, 3.8) is 0 Å². The molecular formula is C26H29FN4O5. The van der Waals surface area contributed by atoms with Crippen molar-refractivity contribution in [2.45, 2.75) is 38.6 Å². The van der Waals surface area contributed by atoms with E-state index < -0.39 is 0 Å². The number of amides is 2. The molecule has 1 aliphatic rings. The minimum absolute atomic E-state index is 0.0106. The van der Waals surface area contributed by atoms with Crippen molar-refractivity contribution in [1.29, 1.82) is 0 Å². The highest BCUT2D eigenvalue weighted by molar-refractivity contribution is 5.95. The summed E-state index contributed by atoms with van der Waals surface area (Å²) in [6.45, 7) is 4.59. The number of piperidine rings is 1. The van der Waals surface area contributed by atoms with Crippen LogP contribution in [-0.4, -0.2) is 59.7 Å². The molecule has 0 spiro atoms. The molecule has 4 rings (SSSR count). The fourth-order valence-corrected chi connectivity index (χ4v) is 4.12. The molecule has 1 saturated heterocycles. The van der Waals surface area contributed by atoms with Gasteiger partial charge in [-0.15, -0.1) is 0 Å². The Labute approximate surface area is 208 Å². The van der Waals surface area contributed by atoms with Gasteiger partial charge in [-0.2, -0.15) is 4.98 Å². The molecule has 190 valence electrons. The average molecular weight is 497 g/mol. The van der Waals surface area contributed by atoms with Gasteiger partial charge >= 0.3 is 0 Å². The zero-order chi connectivity index (χ0) is 25.7. The average Bonchev–Trinajstić information content (AvgIpc) is 3.37. The second kappa shape index (κ2) is 11.2. The Hall–Kier alpha value is -3.95. The maximum absolute atomic E-state index is 13.6. The van der Waals surface area contributed by atoms with E-state index in [-0.39, 0.29) is 36.2 Å². The number of aromatic nitrogens is 2. The fourth-order valence-electron chi connectivity index (χ4n) is 4.12. The number of benzene rings is 2. The van der Waals surface area contributed by atoms with Crippen LogP contribution in [0.3, 0.4) is 0 Å². The molecule has 1 aromatic heterocycles. The fraction of sp³-hybridized carbons (Fsp3) is 0.385. The highest BCUT2D eigenvalue weighted by Crippen LogP contribution is 2.31. The quantitative estimate of drug-likeness (QED) is 0.505. The molecule has 2 aromatic carbocycles. The number of hydrogen-bond donors (Lipinski definition) is 1. The summed E-state index contributed by atoms with van der Waals surface area (Å²) in [5, 5.41) is 6.75. The van der Waals surface area contributed by atoms with E-state index in [4.69, 9.17) is 14.0 Å². The van der Waals surface area contributed by atoms with Gasteiger partial charge in [0.2, 0.25) is 11.7 Å². The van der Waals surface area contributed by atoms with Gasteiger partial charge in [-0.05, 0) is 57.0 Å². The second-order valence-electron chi connectivity index (χ2n) is 8.93. The van der Waals surface area contributed by atoms with Gasteiger partial charge in [0.25, 0.3) is 11.8 Å². The van der Waals surface area contributed by atoms with Gasteiger partial charge in [-0.1, -0.05) is 17.3 Å². The van der Waals surface area contributed by atoms with Crippen molar-refractivity contribution in [2.24, 2.45) is 0 Å². The van der Waals surface area contributed by atoms with E-state index in [2.05, 4.69) is 15.5 Å². The first-order valence-corrected chi connectivity index (χ1v) is 11.8. The number of nitrogens with one attached hydrogen (secondary N) is 1. The van der Waals surface area contributed by atoms with Crippen LogP contribution in [0.15, 0.2) is 47.0 Å². The molecule has 0 saturated carbocycles. The lowest BCUT2D eigenvalue weighted by atomic mass is 9.97. The van der Waals surface area contributed by atoms with E-state index in [0.29, 0.717) is 47.4 Å². The van der Waals surface area contributed by atoms with Crippen LogP contribution in [0.5, 0.6) is 11.5 Å². The molecule has 0 aliphatic carbocycles. The number of carbonyl (C=O) groups excluding carboxylic acids is 2. The summed E-state index contributed by atoms with van der Waals surface area (Å²) in [5.41, 5.74) is 0.974. The Morgan fingerprint density at radius 2 is 2.06 bits per heavy atom. The summed E-state index contributed by atoms with van der Waals surface area (Å²) in [4.78, 5) is 31.3. The summed E-state index contributed by atoms with van der Waals surface area (Å²) < 4.78 is 30.0. The van der Waals surface area contributed by atoms with Gasteiger partial charge in [-0.25, -0.2) is 4.39 Å². The third-order valence-electron chi connectivity index (χ3n) is 5.80. The summed E-state index contributed by atoms with van der Waals surface area (Å²) in [6.07, 6.45) is 1.57. The highest BCUT2D eigenvalue weighted by atomic mass is 19.1. The van der Waals surface area contributed by atoms with E-state index >= 15 is 0 Å². The van der Waals surface area contributed by atoms with Crippen LogP contribution < -0.4 is 14.8 Å². The van der Waals surface area contributed by atoms with Crippen molar-refractivity contribution in [2.75, 3.05) is 26.8 Å². The summed E-state index contributed by atoms with van der Waals surface area (Å²) in [7, 11) is 1.48. The molecule has 9 nitrogen and oxygen atoms in total. The maximum Gasteiger partial charge on any atom is 0.258 e. The second-order valence-corrected chi connectivity index (χ2v) is 8.93. The van der Waals surface area contributed by atoms with Crippen molar-refractivity contribution in [1.82, 2.24) is 20.4 Å². The molecule has 2 amide bonds. The first-order chi connectivity index (χ1) is 17.3. The zero-order valence-corrected chi connectivity index (χ0v) is 20.5. The highest BCUT2D eigenvalue weighted by Gasteiger charge is 2.29. The molecule has 1 fully saturated rings. The van der Waals surface area contributed by atoms with Gasteiger partial charge in [-0.3, -0.25) is 9.59 Å². The summed E-state index contributed by atoms with van der Waals surface area (Å²) in [5.74, 6) is 0.576. The van der Waals surface area contributed by atoms with E-state index in [9.17, 15) is 14.0 Å². The molecule has 10 heteroatoms. The van der Waals surface area contributed by atoms with Crippen LogP contribution >= 0.6 is 0 Å². The largest absolute Gasteiger partial charge is 0.493 e. The molecule has 1 aliphatic heterocycles. The third-order valence-corrected chi connectivity index (χ3v) is 5.80. The van der Waals surface area contributed by atoms with E-state index in [1.165, 1.54) is 19.2 Å². The number of nitrogens with zero attached hydrogens (tertiary/aromatic N) is 3. The van der Waals surface area contributed by atoms with Crippen LogP contribution in [0.4, 0.5) is 4.39 Å². The van der Waals surface area contributed by atoms with E-state index in [0.717, 1.165) is 12.8 Å². The molecule has 36 heavy (non-hydrogen) atoms. The molecule has 2 heterocycles. The molecule has 3 aromatic rings. The Bertz CT molecular complexity index is 1230. The zero-order valence-electron chi connectivity index (χ0n) is 20.5. The number of rotatable bonds is 8. The molecule has 1 N–H and O–H groups in total. The minimum Gasteiger partial charge on any atom is -0.493 e. The molecule has 1 atom stereocenters. The van der Waals surface area contributed by atoms with Gasteiger partial charge in [0.15, 0.2) is 18.1 Å². The molecule has 0 radical (unpaired) electrons. The Morgan fingerprint density at radius 1 is 1.22 bits per heavy atom. The van der Waals surface area contributed by atoms with Crippen molar-refractivity contribution >= 4 is 11.8 Å². The topological polar surface area (TPSA) is 107 Å². The smallest absolute Gasteiger partial charge is 0.258 e. The number of methoxy groups -OCH3 is 1. The van der Waals surface area contributed by atoms with E-state index in [1.54, 1.807) is 35.2 Å². The van der Waals surface area contributed by atoms with Gasteiger partial charge in [0.1, 0.15) is 5.82 Å². The normalized spacial score (nSPS) is 15.6. The summed E-state index contributed by atoms with van der Waals surface area (Å²) in [6, 6.07) is 10.9. The third kappa shape index (κ3) is 5.99. The van der Waals surface area contributed by atoms with Crippen molar-refractivity contribution in [3.05, 3.63) is 59.7 Å². The monoisotopic (exact) mass is 496 g/mol. The lowest BCUT2D eigenvalue weighted by Gasteiger charge is -2.31. The number of likely N-dealkylation sites (tertiary alicyclic amines) is 1. The van der Waals surface area contributed by atoms with Gasteiger partial charge in [0.05, 0.1) is 13.0 Å². The SMILES string of the molecule is COc1cc(C(=O)N2CCCC(c3nc(-c4cccc(F)c4)no3)C2)ccc1OCC(=O)NC(C)C. The Kier molecular flexibility index (Phi) is 7.82. The van der Waals surface area contributed by atoms with Crippen LogP contribution in [0, 0.1) is 5.82 Å². The van der Waals surface area contributed by atoms with Crippen molar-refractivity contribution in [3.8, 4) is 22.9 Å². The standard InChI is InChI=1S/C26H29FN4O5/c1-16(2)28-23(32)15-35-21-10-9-18(13-22(21)34-3)26(33)31-11-5-7-19(14-31)25-29-24(30-36-25)17-6-4-8-20(27)12-17/h4,6,8-10,12-13,16,19H,5,7,11,14-15H2,1-3H3,(H,28,32). The van der Waals surface area contributed by atoms with Crippen LogP contribution in [0.1, 0.15) is 48.9 Å². The first kappa shape index (κ1) is 25.2. The van der Waals surface area contributed by atoms with E-state index in [1.807, 2.05) is 13.8 Å². The lowest BCUT2D eigenvalue weighted by molar-refractivity contribution is -0.123. The molecule has 0 bridgehead atoms. The lowest BCUT2D eigenvalue weighted by Crippen LogP contribution is -2.39. The van der Waals surface area contributed by atoms with Crippen LogP contribution in [-0.2, 0) is 4.79 Å². The van der Waals surface area contributed by atoms with Gasteiger partial charge in [0, 0.05) is 30.3 Å². The van der Waals surface area contributed by atoms with Gasteiger partial charge < -0.3 is 24.2 Å². The molecular weight excluding hydrogens is 467 g/mol. The number of carbonyl (C=O) groups is 2. The summed E-state index contributed by atoms with van der Waals surface area (Å²) >= 11 is 0. The number of halogens is 1. The maximum atomic E-state index is 13.6. The Morgan fingerprint density at radius 3 is 2.81 bits per heavy atom. The first-order valence-electron chi connectivity index (χ1n) is 11.8.